The van der Waals surface area contributed by atoms with Crippen molar-refractivity contribution in [1.29, 1.82) is 0 Å². The van der Waals surface area contributed by atoms with Crippen LogP contribution in [0.4, 0.5) is 22.6 Å². The summed E-state index contributed by atoms with van der Waals surface area (Å²) in [6.45, 7) is 1.71. The summed E-state index contributed by atoms with van der Waals surface area (Å²) in [6.07, 6.45) is -4.79. The number of carbonyl (C=O) groups is 2. The Morgan fingerprint density at radius 1 is 1.25 bits per heavy atom. The van der Waals surface area contributed by atoms with Crippen LogP contribution in [0.5, 0.6) is 0 Å². The Bertz CT molecular complexity index is 1130. The first kappa shape index (κ1) is 23.5. The number of carbonyl (C=O) groups excluding carboxylic acids is 2. The number of aromatic nitrogens is 3. The second-order valence-electron chi connectivity index (χ2n) is 6.09. The van der Waals surface area contributed by atoms with E-state index < -0.39 is 29.7 Å². The molecule has 170 valence electrons. The van der Waals surface area contributed by atoms with Gasteiger partial charge in [-0.25, -0.2) is 13.9 Å². The summed E-state index contributed by atoms with van der Waals surface area (Å²) in [7, 11) is 0. The Labute approximate surface area is 186 Å². The quantitative estimate of drug-likeness (QED) is 0.225. The number of anilines is 1. The monoisotopic (exact) mass is 489 g/mol. The molecule has 0 aliphatic heterocycles. The highest BCUT2D eigenvalue weighted by Gasteiger charge is 2.38. The summed E-state index contributed by atoms with van der Waals surface area (Å²) in [5.41, 5.74) is 1.06. The van der Waals surface area contributed by atoms with Crippen LogP contribution in [0, 0.1) is 5.82 Å². The van der Waals surface area contributed by atoms with Crippen LogP contribution in [-0.4, -0.2) is 39.1 Å². The van der Waals surface area contributed by atoms with Gasteiger partial charge in [0.25, 0.3) is 5.82 Å². The number of thioether (sulfide) groups is 1. The van der Waals surface area contributed by atoms with Crippen molar-refractivity contribution in [2.45, 2.75) is 18.3 Å². The molecule has 0 bridgehead atoms. The molecule has 0 fully saturated rings. The first-order chi connectivity index (χ1) is 15.1. The number of thiophene rings is 1. The number of amides is 1. The Morgan fingerprint density at radius 2 is 1.94 bits per heavy atom. The third-order valence-electron chi connectivity index (χ3n) is 3.93. The molecule has 2 heterocycles. The summed E-state index contributed by atoms with van der Waals surface area (Å²) in [5.74, 6) is 1.83. The van der Waals surface area contributed by atoms with Crippen LogP contribution >= 0.6 is 23.1 Å². The maximum atomic E-state index is 13.2. The van der Waals surface area contributed by atoms with E-state index in [9.17, 15) is 27.2 Å². The molecule has 8 nitrogen and oxygen atoms in total. The van der Waals surface area contributed by atoms with Crippen molar-refractivity contribution in [3.63, 3.8) is 0 Å². The number of rotatable bonds is 7. The predicted molar refractivity (Wildman–Crippen MR) is 110 cm³/mol. The fraction of sp³-hybridized carbons (Fsp3) is 0.222. The number of benzene rings is 1. The lowest BCUT2D eigenvalue weighted by atomic mass is 10.0. The molecule has 3 rings (SSSR count). The van der Waals surface area contributed by atoms with E-state index in [2.05, 4.69) is 15.5 Å². The highest BCUT2D eigenvalue weighted by atomic mass is 32.2. The highest BCUT2D eigenvalue weighted by molar-refractivity contribution is 7.99. The zero-order valence-electron chi connectivity index (χ0n) is 16.3. The summed E-state index contributed by atoms with van der Waals surface area (Å²) in [4.78, 5) is 24.9. The molecule has 1 aromatic carbocycles. The average Bonchev–Trinajstić information content (AvgIpc) is 3.30. The van der Waals surface area contributed by atoms with E-state index in [1.807, 2.05) is 0 Å². The molecule has 0 aliphatic carbocycles. The summed E-state index contributed by atoms with van der Waals surface area (Å²) < 4.78 is 56.8. The number of hydrogen-bond acceptors (Lipinski definition) is 8. The van der Waals surface area contributed by atoms with E-state index in [4.69, 9.17) is 10.6 Å². The van der Waals surface area contributed by atoms with Crippen molar-refractivity contribution >= 4 is 40.0 Å². The van der Waals surface area contributed by atoms with Gasteiger partial charge in [0, 0.05) is 10.9 Å². The van der Waals surface area contributed by atoms with Gasteiger partial charge in [-0.2, -0.15) is 13.2 Å². The fourth-order valence-corrected chi connectivity index (χ4v) is 4.19. The maximum absolute atomic E-state index is 13.2. The number of hydrogen-bond donors (Lipinski definition) is 2. The maximum Gasteiger partial charge on any atom is 0.453 e. The predicted octanol–water partition coefficient (Wildman–Crippen LogP) is 3.79. The molecule has 2 aromatic heterocycles. The molecule has 0 unspecified atom stereocenters. The number of nitrogens with one attached hydrogen (secondary N) is 1. The number of ether oxygens (including phenoxy) is 1. The van der Waals surface area contributed by atoms with Gasteiger partial charge in [-0.15, -0.1) is 21.5 Å². The Kier molecular flexibility index (Phi) is 7.03. The second-order valence-corrected chi connectivity index (χ2v) is 7.91. The van der Waals surface area contributed by atoms with Gasteiger partial charge in [-0.05, 0) is 24.6 Å². The number of halogens is 4. The summed E-state index contributed by atoms with van der Waals surface area (Å²) >= 11 is 1.69. The summed E-state index contributed by atoms with van der Waals surface area (Å²) in [6, 6.07) is 5.42. The molecule has 3 N–H and O–H groups in total. The van der Waals surface area contributed by atoms with E-state index >= 15 is 0 Å². The molecular weight excluding hydrogens is 474 g/mol. The molecule has 32 heavy (non-hydrogen) atoms. The van der Waals surface area contributed by atoms with Crippen LogP contribution in [0.1, 0.15) is 23.1 Å². The van der Waals surface area contributed by atoms with Crippen molar-refractivity contribution < 1.29 is 31.9 Å². The lowest BCUT2D eigenvalue weighted by Crippen LogP contribution is -2.22. The van der Waals surface area contributed by atoms with Crippen LogP contribution in [0.25, 0.3) is 11.1 Å². The van der Waals surface area contributed by atoms with Crippen LogP contribution < -0.4 is 11.2 Å². The van der Waals surface area contributed by atoms with Crippen molar-refractivity contribution in [1.82, 2.24) is 14.9 Å². The molecule has 0 saturated heterocycles. The molecule has 0 saturated carbocycles. The largest absolute Gasteiger partial charge is 0.462 e. The van der Waals surface area contributed by atoms with Crippen molar-refractivity contribution in [2.24, 2.45) is 0 Å². The Hall–Kier alpha value is -3.13. The first-order valence-corrected chi connectivity index (χ1v) is 10.7. The van der Waals surface area contributed by atoms with Gasteiger partial charge >= 0.3 is 12.1 Å². The first-order valence-electron chi connectivity index (χ1n) is 8.86. The third kappa shape index (κ3) is 5.19. The lowest BCUT2D eigenvalue weighted by molar-refractivity contribution is -0.146. The fourth-order valence-electron chi connectivity index (χ4n) is 2.56. The highest BCUT2D eigenvalue weighted by Crippen LogP contribution is 2.36. The van der Waals surface area contributed by atoms with Gasteiger partial charge < -0.3 is 15.9 Å². The van der Waals surface area contributed by atoms with Crippen LogP contribution in [0.3, 0.4) is 0 Å². The minimum Gasteiger partial charge on any atom is -0.462 e. The lowest BCUT2D eigenvalue weighted by Gasteiger charge is -2.09. The molecule has 0 atom stereocenters. The van der Waals surface area contributed by atoms with E-state index in [-0.39, 0.29) is 32.8 Å². The topological polar surface area (TPSA) is 112 Å². The molecule has 14 heteroatoms. The minimum atomic E-state index is -4.79. The number of nitrogen functional groups attached to an aromatic ring is 1. The summed E-state index contributed by atoms with van der Waals surface area (Å²) in [5, 5.41) is 10.3. The standard InChI is InChI=1S/C18H15F4N5O3S2/c1-2-30-15(29)13-11(9-3-5-10(19)6-4-9)7-31-14(13)24-12(28)8-32-17-26-25-16(27(17)23)18(20,21)22/h3-7H,2,8,23H2,1H3,(H,24,28). The van der Waals surface area contributed by atoms with Gasteiger partial charge in [0.15, 0.2) is 0 Å². The molecule has 0 radical (unpaired) electrons. The Balaban J connectivity index is 1.78. The zero-order chi connectivity index (χ0) is 23.5. The van der Waals surface area contributed by atoms with E-state index in [1.54, 1.807) is 12.3 Å². The molecular formula is C18H15F4N5O3S2. The zero-order valence-corrected chi connectivity index (χ0v) is 17.9. The average molecular weight is 489 g/mol. The minimum absolute atomic E-state index is 0.0863. The normalized spacial score (nSPS) is 11.4. The van der Waals surface area contributed by atoms with E-state index in [0.29, 0.717) is 22.9 Å². The number of alkyl halides is 3. The third-order valence-corrected chi connectivity index (χ3v) is 5.77. The van der Waals surface area contributed by atoms with Crippen LogP contribution in [0.2, 0.25) is 0 Å². The van der Waals surface area contributed by atoms with Crippen molar-refractivity contribution in [3.8, 4) is 11.1 Å². The molecule has 1 amide bonds. The molecule has 0 spiro atoms. The SMILES string of the molecule is CCOC(=O)c1c(-c2ccc(F)cc2)csc1NC(=O)CSc1nnc(C(F)(F)F)n1N. The van der Waals surface area contributed by atoms with Crippen LogP contribution in [-0.2, 0) is 15.7 Å². The Morgan fingerprint density at radius 3 is 2.53 bits per heavy atom. The van der Waals surface area contributed by atoms with Crippen LogP contribution in [0.15, 0.2) is 34.8 Å². The number of esters is 1. The van der Waals surface area contributed by atoms with Crippen molar-refractivity contribution in [3.05, 3.63) is 46.9 Å². The van der Waals surface area contributed by atoms with Gasteiger partial charge in [-0.1, -0.05) is 23.9 Å². The second kappa shape index (κ2) is 9.56. The molecule has 3 aromatic rings. The van der Waals surface area contributed by atoms with Gasteiger partial charge in [0.05, 0.1) is 12.4 Å². The van der Waals surface area contributed by atoms with E-state index in [1.165, 1.54) is 24.3 Å². The smallest absolute Gasteiger partial charge is 0.453 e. The number of nitrogens with zero attached hydrogens (tertiary/aromatic N) is 3. The van der Waals surface area contributed by atoms with E-state index in [0.717, 1.165) is 11.3 Å². The van der Waals surface area contributed by atoms with Gasteiger partial charge in [0.2, 0.25) is 11.1 Å². The van der Waals surface area contributed by atoms with Gasteiger partial charge in [-0.3, -0.25) is 4.79 Å². The molecule has 0 aliphatic rings. The van der Waals surface area contributed by atoms with Gasteiger partial charge in [0.1, 0.15) is 16.4 Å². The van der Waals surface area contributed by atoms with Crippen molar-refractivity contribution in [2.75, 3.05) is 23.5 Å². The number of nitrogens with two attached hydrogens (primary N) is 1.